The van der Waals surface area contributed by atoms with Gasteiger partial charge in [-0.05, 0) is 31.7 Å². The maximum atomic E-state index is 11.8. The summed E-state index contributed by atoms with van der Waals surface area (Å²) in [6.45, 7) is 2.06. The average Bonchev–Trinajstić information content (AvgIpc) is 3.05. The summed E-state index contributed by atoms with van der Waals surface area (Å²) >= 11 is 0. The molecule has 0 saturated carbocycles. The maximum absolute atomic E-state index is 11.8. The molecule has 19 heavy (non-hydrogen) atoms. The molecular formula is C14H20N2O3. The Hall–Kier alpha value is -1.36. The molecule has 2 aliphatic rings. The maximum Gasteiger partial charge on any atom is 0.312 e. The van der Waals surface area contributed by atoms with Crippen LogP contribution in [-0.4, -0.2) is 33.1 Å². The number of hydrogen-bond acceptors (Lipinski definition) is 3. The molecule has 0 aliphatic carbocycles. The molecular weight excluding hydrogens is 244 g/mol. The number of rotatable bonds is 4. The largest absolute Gasteiger partial charge is 0.481 e. The van der Waals surface area contributed by atoms with Crippen molar-refractivity contribution in [3.8, 4) is 0 Å². The van der Waals surface area contributed by atoms with E-state index in [-0.39, 0.29) is 12.2 Å². The van der Waals surface area contributed by atoms with Crippen molar-refractivity contribution in [3.05, 3.63) is 17.5 Å². The van der Waals surface area contributed by atoms with Crippen molar-refractivity contribution in [3.63, 3.8) is 0 Å². The van der Waals surface area contributed by atoms with Gasteiger partial charge in [-0.2, -0.15) is 5.10 Å². The minimum absolute atomic E-state index is 0.130. The van der Waals surface area contributed by atoms with Gasteiger partial charge in [0.05, 0.1) is 17.9 Å². The molecule has 0 aromatic carbocycles. The van der Waals surface area contributed by atoms with Crippen molar-refractivity contribution < 1.29 is 14.6 Å². The van der Waals surface area contributed by atoms with Crippen LogP contribution in [0.15, 0.2) is 6.07 Å². The normalized spacial score (nSPS) is 32.9. The first-order valence-electron chi connectivity index (χ1n) is 6.96. The number of carboxylic acids is 1. The Morgan fingerprint density at radius 2 is 2.42 bits per heavy atom. The standard InChI is InChI=1S/C14H20N2O3/c1-3-9-6-10(16(2)15-9)7-14(13(17)18)8-11-4-5-12(14)19-11/h6,11-12H,3-5,7-8H2,1-2H3,(H,17,18). The van der Waals surface area contributed by atoms with E-state index in [1.54, 1.807) is 0 Å². The first-order chi connectivity index (χ1) is 9.05. The summed E-state index contributed by atoms with van der Waals surface area (Å²) in [6, 6.07) is 2.02. The SMILES string of the molecule is CCc1cc(CC2(C(=O)O)CC3CCC2O3)n(C)n1. The molecule has 5 nitrogen and oxygen atoms in total. The fourth-order valence-corrected chi connectivity index (χ4v) is 3.52. The monoisotopic (exact) mass is 264 g/mol. The first-order valence-corrected chi connectivity index (χ1v) is 6.96. The van der Waals surface area contributed by atoms with Gasteiger partial charge in [-0.1, -0.05) is 6.92 Å². The van der Waals surface area contributed by atoms with E-state index in [1.807, 2.05) is 17.8 Å². The third kappa shape index (κ3) is 1.87. The zero-order valence-corrected chi connectivity index (χ0v) is 11.4. The predicted molar refractivity (Wildman–Crippen MR) is 68.9 cm³/mol. The van der Waals surface area contributed by atoms with Crippen LogP contribution in [0, 0.1) is 5.41 Å². The van der Waals surface area contributed by atoms with Crippen LogP contribution < -0.4 is 0 Å². The highest BCUT2D eigenvalue weighted by Gasteiger charge is 2.57. The van der Waals surface area contributed by atoms with Gasteiger partial charge in [0.2, 0.25) is 0 Å². The van der Waals surface area contributed by atoms with E-state index in [4.69, 9.17) is 4.74 Å². The number of carboxylic acid groups (broad SMARTS) is 1. The van der Waals surface area contributed by atoms with Gasteiger partial charge in [0, 0.05) is 19.2 Å². The predicted octanol–water partition coefficient (Wildman–Crippen LogP) is 1.55. The van der Waals surface area contributed by atoms with Crippen molar-refractivity contribution >= 4 is 5.97 Å². The Kier molecular flexibility index (Phi) is 2.89. The van der Waals surface area contributed by atoms with Crippen LogP contribution in [0.25, 0.3) is 0 Å². The van der Waals surface area contributed by atoms with Crippen molar-refractivity contribution in [2.45, 2.75) is 51.2 Å². The van der Waals surface area contributed by atoms with Crippen molar-refractivity contribution in [2.24, 2.45) is 12.5 Å². The van der Waals surface area contributed by atoms with Gasteiger partial charge in [0.1, 0.15) is 5.41 Å². The molecule has 0 spiro atoms. The number of hydrogen-bond donors (Lipinski definition) is 1. The van der Waals surface area contributed by atoms with E-state index in [2.05, 4.69) is 12.0 Å². The number of aryl methyl sites for hydroxylation is 2. The minimum atomic E-state index is -0.748. The zero-order chi connectivity index (χ0) is 13.6. The Morgan fingerprint density at radius 1 is 1.63 bits per heavy atom. The summed E-state index contributed by atoms with van der Waals surface area (Å²) in [5.74, 6) is -0.723. The molecule has 2 fully saturated rings. The molecule has 3 atom stereocenters. The highest BCUT2D eigenvalue weighted by molar-refractivity contribution is 5.76. The second kappa shape index (κ2) is 4.34. The van der Waals surface area contributed by atoms with E-state index in [0.717, 1.165) is 30.7 Å². The summed E-state index contributed by atoms with van der Waals surface area (Å²) in [7, 11) is 1.89. The molecule has 0 amide bonds. The van der Waals surface area contributed by atoms with Gasteiger partial charge in [-0.15, -0.1) is 0 Å². The Bertz CT molecular complexity index is 511. The van der Waals surface area contributed by atoms with Crippen LogP contribution in [-0.2, 0) is 29.4 Å². The Morgan fingerprint density at radius 3 is 2.89 bits per heavy atom. The number of carbonyl (C=O) groups is 1. The topological polar surface area (TPSA) is 64.3 Å². The quantitative estimate of drug-likeness (QED) is 0.896. The van der Waals surface area contributed by atoms with E-state index in [9.17, 15) is 9.90 Å². The molecule has 2 saturated heterocycles. The Labute approximate surface area is 112 Å². The van der Waals surface area contributed by atoms with Crippen LogP contribution >= 0.6 is 0 Å². The molecule has 1 aromatic rings. The highest BCUT2D eigenvalue weighted by atomic mass is 16.5. The molecule has 1 N–H and O–H groups in total. The number of nitrogens with zero attached hydrogens (tertiary/aromatic N) is 2. The summed E-state index contributed by atoms with van der Waals surface area (Å²) in [6.07, 6.45) is 3.92. The van der Waals surface area contributed by atoms with E-state index in [1.165, 1.54) is 0 Å². The lowest BCUT2D eigenvalue weighted by molar-refractivity contribution is -0.152. The first kappa shape index (κ1) is 12.7. The molecule has 2 bridgehead atoms. The van der Waals surface area contributed by atoms with Crippen LogP contribution in [0.2, 0.25) is 0 Å². The average molecular weight is 264 g/mol. The van der Waals surface area contributed by atoms with Gasteiger partial charge in [-0.3, -0.25) is 9.48 Å². The number of fused-ring (bicyclic) bond motifs is 2. The fraction of sp³-hybridized carbons (Fsp3) is 0.714. The minimum Gasteiger partial charge on any atom is -0.481 e. The summed E-state index contributed by atoms with van der Waals surface area (Å²) in [5, 5.41) is 14.1. The van der Waals surface area contributed by atoms with Gasteiger partial charge < -0.3 is 9.84 Å². The molecule has 2 aliphatic heterocycles. The second-order valence-electron chi connectivity index (χ2n) is 5.77. The van der Waals surface area contributed by atoms with E-state index < -0.39 is 11.4 Å². The molecule has 5 heteroatoms. The lowest BCUT2D eigenvalue weighted by atomic mass is 9.71. The molecule has 3 unspecified atom stereocenters. The number of aliphatic carboxylic acids is 1. The van der Waals surface area contributed by atoms with Crippen LogP contribution in [0.1, 0.15) is 37.6 Å². The highest BCUT2D eigenvalue weighted by Crippen LogP contribution is 2.49. The smallest absolute Gasteiger partial charge is 0.312 e. The second-order valence-corrected chi connectivity index (χ2v) is 5.77. The summed E-state index contributed by atoms with van der Waals surface area (Å²) < 4.78 is 7.60. The van der Waals surface area contributed by atoms with Gasteiger partial charge in [0.15, 0.2) is 0 Å². The molecule has 3 heterocycles. The number of ether oxygens (including phenoxy) is 1. The summed E-state index contributed by atoms with van der Waals surface area (Å²) in [4.78, 5) is 11.8. The molecule has 104 valence electrons. The third-order valence-electron chi connectivity index (χ3n) is 4.63. The van der Waals surface area contributed by atoms with Crippen LogP contribution in [0.4, 0.5) is 0 Å². The van der Waals surface area contributed by atoms with Gasteiger partial charge in [-0.25, -0.2) is 0 Å². The molecule has 0 radical (unpaired) electrons. The third-order valence-corrected chi connectivity index (χ3v) is 4.63. The van der Waals surface area contributed by atoms with Gasteiger partial charge >= 0.3 is 5.97 Å². The number of aromatic nitrogens is 2. The zero-order valence-electron chi connectivity index (χ0n) is 11.4. The van der Waals surface area contributed by atoms with E-state index in [0.29, 0.717) is 12.8 Å². The lowest BCUT2D eigenvalue weighted by Gasteiger charge is -2.30. The van der Waals surface area contributed by atoms with E-state index >= 15 is 0 Å². The van der Waals surface area contributed by atoms with Crippen LogP contribution in [0.5, 0.6) is 0 Å². The molecule has 3 rings (SSSR count). The van der Waals surface area contributed by atoms with Crippen LogP contribution in [0.3, 0.4) is 0 Å². The lowest BCUT2D eigenvalue weighted by Crippen LogP contribution is -2.42. The molecule has 1 aromatic heterocycles. The fourth-order valence-electron chi connectivity index (χ4n) is 3.52. The van der Waals surface area contributed by atoms with Crippen molar-refractivity contribution in [2.75, 3.05) is 0 Å². The Balaban J connectivity index is 1.90. The summed E-state index contributed by atoms with van der Waals surface area (Å²) in [5.41, 5.74) is 1.26. The van der Waals surface area contributed by atoms with Crippen molar-refractivity contribution in [1.82, 2.24) is 9.78 Å². The van der Waals surface area contributed by atoms with Crippen molar-refractivity contribution in [1.29, 1.82) is 0 Å². The van der Waals surface area contributed by atoms with Gasteiger partial charge in [0.25, 0.3) is 0 Å².